The zero-order valence-electron chi connectivity index (χ0n) is 18.8. The van der Waals surface area contributed by atoms with Gasteiger partial charge in [0.1, 0.15) is 33.5 Å². The standard InChI is InChI=1S/C23H28N2O6/c1-12-15(18(26)30-21(2,3)4)23(13-10-8-9-11-14(13)25-20(23)28)16(17(24)29-12)19(27)31-22(5,6)7/h8-11H,24H2,1-7H3,(H,25,28)/t23-/m1/s1. The maximum Gasteiger partial charge on any atom is 0.341 e. The van der Waals surface area contributed by atoms with Crippen LogP contribution in [0.25, 0.3) is 0 Å². The van der Waals surface area contributed by atoms with E-state index < -0.39 is 34.5 Å². The third kappa shape index (κ3) is 3.78. The summed E-state index contributed by atoms with van der Waals surface area (Å²) in [5, 5.41) is 2.76. The molecule has 1 spiro atoms. The Kier molecular flexibility index (Phi) is 5.16. The largest absolute Gasteiger partial charge is 0.456 e. The van der Waals surface area contributed by atoms with Gasteiger partial charge in [0.15, 0.2) is 0 Å². The Hall–Kier alpha value is -3.29. The average Bonchev–Trinajstić information content (AvgIpc) is 2.84. The second kappa shape index (κ2) is 7.14. The molecule has 0 unspecified atom stereocenters. The van der Waals surface area contributed by atoms with Crippen LogP contribution >= 0.6 is 0 Å². The molecule has 2 aliphatic rings. The molecule has 0 bridgehead atoms. The van der Waals surface area contributed by atoms with E-state index in [4.69, 9.17) is 19.9 Å². The van der Waals surface area contributed by atoms with E-state index in [0.717, 1.165) is 0 Å². The molecule has 2 heterocycles. The van der Waals surface area contributed by atoms with Crippen molar-refractivity contribution in [3.63, 3.8) is 0 Å². The Morgan fingerprint density at radius 2 is 1.48 bits per heavy atom. The van der Waals surface area contributed by atoms with Crippen molar-refractivity contribution in [3.05, 3.63) is 52.6 Å². The van der Waals surface area contributed by atoms with E-state index in [2.05, 4.69) is 5.32 Å². The van der Waals surface area contributed by atoms with Gasteiger partial charge in [-0.1, -0.05) is 18.2 Å². The van der Waals surface area contributed by atoms with Gasteiger partial charge in [0.2, 0.25) is 11.8 Å². The minimum Gasteiger partial charge on any atom is -0.456 e. The van der Waals surface area contributed by atoms with Gasteiger partial charge in [-0.3, -0.25) is 4.79 Å². The molecule has 3 N–H and O–H groups in total. The highest BCUT2D eigenvalue weighted by Gasteiger charge is 2.62. The fourth-order valence-corrected chi connectivity index (χ4v) is 3.80. The van der Waals surface area contributed by atoms with Crippen molar-refractivity contribution < 1.29 is 28.6 Å². The summed E-state index contributed by atoms with van der Waals surface area (Å²) in [6, 6.07) is 6.79. The molecular formula is C23H28N2O6. The highest BCUT2D eigenvalue weighted by Crippen LogP contribution is 2.52. The minimum absolute atomic E-state index is 0.0749. The second-order valence-electron chi connectivity index (χ2n) is 9.53. The summed E-state index contributed by atoms with van der Waals surface area (Å²) >= 11 is 0. The van der Waals surface area contributed by atoms with E-state index in [1.54, 1.807) is 65.8 Å². The summed E-state index contributed by atoms with van der Waals surface area (Å²) in [5.41, 5.74) is 3.04. The SMILES string of the molecule is CC1=C(C(=O)OC(C)(C)C)[C@@]2(C(=O)Nc3ccccc32)C(C(=O)OC(C)(C)C)=C(N)O1. The van der Waals surface area contributed by atoms with Crippen molar-refractivity contribution in [2.75, 3.05) is 5.32 Å². The van der Waals surface area contributed by atoms with Gasteiger partial charge in [-0.15, -0.1) is 0 Å². The van der Waals surface area contributed by atoms with E-state index in [9.17, 15) is 14.4 Å². The third-order valence-electron chi connectivity index (χ3n) is 4.74. The van der Waals surface area contributed by atoms with Crippen LogP contribution in [0.4, 0.5) is 5.69 Å². The van der Waals surface area contributed by atoms with Gasteiger partial charge in [0.25, 0.3) is 0 Å². The molecule has 0 saturated carbocycles. The molecule has 1 aromatic rings. The van der Waals surface area contributed by atoms with Crippen LogP contribution in [0.15, 0.2) is 47.1 Å². The summed E-state index contributed by atoms with van der Waals surface area (Å²) < 4.78 is 16.7. The molecule has 0 radical (unpaired) electrons. The Bertz CT molecular complexity index is 987. The monoisotopic (exact) mass is 428 g/mol. The minimum atomic E-state index is -1.87. The zero-order valence-corrected chi connectivity index (χ0v) is 18.8. The lowest BCUT2D eigenvalue weighted by molar-refractivity contribution is -0.153. The Balaban J connectivity index is 2.33. The van der Waals surface area contributed by atoms with Crippen LogP contribution < -0.4 is 11.1 Å². The van der Waals surface area contributed by atoms with Gasteiger partial charge >= 0.3 is 11.9 Å². The summed E-state index contributed by atoms with van der Waals surface area (Å²) in [6.45, 7) is 11.7. The molecule has 3 rings (SSSR count). The highest BCUT2D eigenvalue weighted by molar-refractivity contribution is 6.21. The van der Waals surface area contributed by atoms with Gasteiger partial charge in [-0.05, 0) is 54.5 Å². The molecule has 1 atom stereocenters. The van der Waals surface area contributed by atoms with E-state index in [1.807, 2.05) is 0 Å². The molecule has 0 aliphatic carbocycles. The molecule has 1 aromatic carbocycles. The van der Waals surface area contributed by atoms with Crippen molar-refractivity contribution in [1.29, 1.82) is 0 Å². The molecule has 8 nitrogen and oxygen atoms in total. The molecule has 8 heteroatoms. The number of hydrogen-bond donors (Lipinski definition) is 2. The molecule has 0 fully saturated rings. The van der Waals surface area contributed by atoms with Crippen molar-refractivity contribution in [2.24, 2.45) is 5.73 Å². The molecule has 2 aliphatic heterocycles. The van der Waals surface area contributed by atoms with E-state index in [-0.39, 0.29) is 22.8 Å². The smallest absolute Gasteiger partial charge is 0.341 e. The number of fused-ring (bicyclic) bond motifs is 2. The lowest BCUT2D eigenvalue weighted by Gasteiger charge is -2.37. The fraction of sp³-hybridized carbons (Fsp3) is 0.435. The summed E-state index contributed by atoms with van der Waals surface area (Å²) in [4.78, 5) is 40.2. The van der Waals surface area contributed by atoms with Crippen LogP contribution in [0, 0.1) is 0 Å². The van der Waals surface area contributed by atoms with Gasteiger partial charge in [0, 0.05) is 11.3 Å². The van der Waals surface area contributed by atoms with E-state index >= 15 is 0 Å². The summed E-state index contributed by atoms with van der Waals surface area (Å²) in [7, 11) is 0. The number of nitrogens with two attached hydrogens (primary N) is 1. The second-order valence-corrected chi connectivity index (χ2v) is 9.53. The quantitative estimate of drug-likeness (QED) is 0.695. The number of allylic oxidation sites excluding steroid dienone is 1. The highest BCUT2D eigenvalue weighted by atomic mass is 16.6. The maximum atomic E-state index is 13.6. The van der Waals surface area contributed by atoms with E-state index in [1.165, 1.54) is 6.92 Å². The average molecular weight is 428 g/mol. The Labute approximate surface area is 181 Å². The predicted octanol–water partition coefficient (Wildman–Crippen LogP) is 3.03. The van der Waals surface area contributed by atoms with Crippen LogP contribution in [0.2, 0.25) is 0 Å². The van der Waals surface area contributed by atoms with Crippen molar-refractivity contribution in [3.8, 4) is 0 Å². The van der Waals surface area contributed by atoms with E-state index in [0.29, 0.717) is 11.3 Å². The van der Waals surface area contributed by atoms with Crippen LogP contribution in [-0.4, -0.2) is 29.0 Å². The maximum absolute atomic E-state index is 13.6. The number of rotatable bonds is 2. The van der Waals surface area contributed by atoms with Crippen molar-refractivity contribution in [2.45, 2.75) is 65.1 Å². The first kappa shape index (κ1) is 22.4. The van der Waals surface area contributed by atoms with Crippen molar-refractivity contribution in [1.82, 2.24) is 0 Å². The number of nitrogens with one attached hydrogen (secondary N) is 1. The zero-order chi connectivity index (χ0) is 23.4. The molecular weight excluding hydrogens is 400 g/mol. The number of esters is 2. The van der Waals surface area contributed by atoms with Crippen LogP contribution in [0.5, 0.6) is 0 Å². The number of ether oxygens (including phenoxy) is 3. The van der Waals surface area contributed by atoms with Gasteiger partial charge in [-0.2, -0.15) is 0 Å². The number of amides is 1. The Morgan fingerprint density at radius 3 is 2.03 bits per heavy atom. The summed E-state index contributed by atoms with van der Waals surface area (Å²) in [5.74, 6) is -2.48. The van der Waals surface area contributed by atoms with Gasteiger partial charge in [0.05, 0.1) is 0 Å². The molecule has 0 aromatic heterocycles. The van der Waals surface area contributed by atoms with Crippen molar-refractivity contribution >= 4 is 23.5 Å². The first-order valence-electron chi connectivity index (χ1n) is 9.95. The topological polar surface area (TPSA) is 117 Å². The van der Waals surface area contributed by atoms with Crippen LogP contribution in [0.3, 0.4) is 0 Å². The first-order chi connectivity index (χ1) is 14.2. The Morgan fingerprint density at radius 1 is 0.968 bits per heavy atom. The third-order valence-corrected chi connectivity index (χ3v) is 4.74. The van der Waals surface area contributed by atoms with Gasteiger partial charge in [-0.25, -0.2) is 9.59 Å². The number of hydrogen-bond acceptors (Lipinski definition) is 7. The number of anilines is 1. The number of benzene rings is 1. The predicted molar refractivity (Wildman–Crippen MR) is 113 cm³/mol. The lowest BCUT2D eigenvalue weighted by atomic mass is 9.67. The number of carbonyl (C=O) groups is 3. The number of para-hydroxylation sites is 1. The van der Waals surface area contributed by atoms with Crippen LogP contribution in [-0.2, 0) is 34.0 Å². The molecule has 1 amide bonds. The first-order valence-corrected chi connectivity index (χ1v) is 9.95. The molecule has 31 heavy (non-hydrogen) atoms. The molecule has 0 saturated heterocycles. The van der Waals surface area contributed by atoms with Gasteiger partial charge < -0.3 is 25.3 Å². The lowest BCUT2D eigenvalue weighted by Crippen LogP contribution is -2.49. The molecule has 166 valence electrons. The normalized spacial score (nSPS) is 20.9. The fourth-order valence-electron chi connectivity index (χ4n) is 3.80. The van der Waals surface area contributed by atoms with Crippen LogP contribution in [0.1, 0.15) is 54.0 Å². The number of carbonyl (C=O) groups excluding carboxylic acids is 3. The summed E-state index contributed by atoms with van der Waals surface area (Å²) in [6.07, 6.45) is 0.